The zero-order chi connectivity index (χ0) is 14.8. The third-order valence-electron chi connectivity index (χ3n) is 2.22. The summed E-state index contributed by atoms with van der Waals surface area (Å²) in [5.74, 6) is -4.99. The molecule has 0 atom stereocenters. The van der Waals surface area contributed by atoms with Gasteiger partial charge in [-0.1, -0.05) is 17.1 Å². The molecule has 0 saturated carbocycles. The second-order valence-electron chi connectivity index (χ2n) is 3.40. The summed E-state index contributed by atoms with van der Waals surface area (Å²) in [6.07, 6.45) is -2.37. The van der Waals surface area contributed by atoms with Crippen LogP contribution < -0.4 is 0 Å². The Balaban J connectivity index is 0.000000861. The molecule has 0 unspecified atom stereocenters. The number of fused-ring (bicyclic) bond motifs is 1. The SMILES string of the molecule is Cn1[c-]nc2cc(C(F)(F)C(F)(F)F)ncc21.[Cl][Zn+]. The van der Waals surface area contributed by atoms with E-state index in [0.717, 1.165) is 23.5 Å². The molecule has 100 valence electrons. The summed E-state index contributed by atoms with van der Waals surface area (Å²) >= 11 is 0.847. The molecule has 0 amide bonds. The van der Waals surface area contributed by atoms with Gasteiger partial charge in [-0.25, -0.2) is 0 Å². The summed E-state index contributed by atoms with van der Waals surface area (Å²) in [7, 11) is 6.29. The number of pyridine rings is 1. The van der Waals surface area contributed by atoms with E-state index < -0.39 is 17.8 Å². The Hall–Kier alpha value is -0.817. The van der Waals surface area contributed by atoms with E-state index in [9.17, 15) is 22.0 Å². The zero-order valence-electron chi connectivity index (χ0n) is 9.47. The Bertz CT molecular complexity index is 568. The number of imidazole rings is 1. The molecule has 0 aliphatic carbocycles. The summed E-state index contributed by atoms with van der Waals surface area (Å²) in [6, 6.07) is 0.610. The first kappa shape index (κ1) is 16.2. The molecule has 2 heterocycles. The third kappa shape index (κ3) is 3.03. The van der Waals surface area contributed by atoms with Crippen molar-refractivity contribution in [2.24, 2.45) is 7.05 Å². The molecule has 2 aromatic heterocycles. The van der Waals surface area contributed by atoms with Gasteiger partial charge in [0.1, 0.15) is 5.69 Å². The fraction of sp³-hybridized carbons (Fsp3) is 0.333. The Labute approximate surface area is 118 Å². The van der Waals surface area contributed by atoms with Gasteiger partial charge in [-0.2, -0.15) is 22.0 Å². The number of alkyl halides is 5. The van der Waals surface area contributed by atoms with E-state index in [4.69, 9.17) is 9.69 Å². The number of nitrogens with zero attached hydrogens (tertiary/aromatic N) is 3. The number of halogens is 6. The van der Waals surface area contributed by atoms with Gasteiger partial charge >= 0.3 is 39.1 Å². The molecule has 19 heavy (non-hydrogen) atoms. The number of aryl methyl sites for hydroxylation is 1. The average Bonchev–Trinajstić information content (AvgIpc) is 2.72. The van der Waals surface area contributed by atoms with Crippen molar-refractivity contribution in [2.75, 3.05) is 0 Å². The van der Waals surface area contributed by atoms with Crippen LogP contribution in [0, 0.1) is 6.33 Å². The van der Waals surface area contributed by atoms with Gasteiger partial charge in [-0.05, 0) is 13.2 Å². The molecule has 10 heteroatoms. The monoisotopic (exact) mass is 349 g/mol. The zero-order valence-corrected chi connectivity index (χ0v) is 13.2. The maximum atomic E-state index is 13.0. The van der Waals surface area contributed by atoms with Gasteiger partial charge in [0.2, 0.25) is 0 Å². The molecule has 0 aliphatic heterocycles. The number of aromatic nitrogens is 3. The van der Waals surface area contributed by atoms with Crippen LogP contribution in [-0.2, 0) is 30.3 Å². The average molecular weight is 351 g/mol. The van der Waals surface area contributed by atoms with Gasteiger partial charge in [0.25, 0.3) is 0 Å². The van der Waals surface area contributed by atoms with E-state index in [-0.39, 0.29) is 5.52 Å². The van der Waals surface area contributed by atoms with Crippen molar-refractivity contribution in [3.05, 3.63) is 24.3 Å². The van der Waals surface area contributed by atoms with E-state index in [0.29, 0.717) is 11.6 Å². The Morgan fingerprint density at radius 3 is 2.37 bits per heavy atom. The molecule has 0 aliphatic rings. The Morgan fingerprint density at radius 1 is 1.26 bits per heavy atom. The van der Waals surface area contributed by atoms with Crippen LogP contribution in [0.3, 0.4) is 0 Å². The Kier molecular flexibility index (Phi) is 4.84. The predicted molar refractivity (Wildman–Crippen MR) is 53.1 cm³/mol. The second-order valence-corrected chi connectivity index (χ2v) is 3.40. The minimum absolute atomic E-state index is 0.0126. The van der Waals surface area contributed by atoms with Gasteiger partial charge in [0, 0.05) is 6.33 Å². The number of hydrogen-bond acceptors (Lipinski definition) is 2. The summed E-state index contributed by atoms with van der Waals surface area (Å²) < 4.78 is 63.6. The van der Waals surface area contributed by atoms with Gasteiger partial charge in [-0.3, -0.25) is 4.98 Å². The van der Waals surface area contributed by atoms with Crippen LogP contribution >= 0.6 is 9.69 Å². The van der Waals surface area contributed by atoms with Gasteiger partial charge in [-0.15, -0.1) is 0 Å². The van der Waals surface area contributed by atoms with Crippen molar-refractivity contribution in [3.8, 4) is 0 Å². The molecular formula is C9H5ClF5N3Zn. The van der Waals surface area contributed by atoms with Crippen LogP contribution in [0.2, 0.25) is 0 Å². The van der Waals surface area contributed by atoms with Crippen LogP contribution in [0.25, 0.3) is 11.0 Å². The molecule has 2 rings (SSSR count). The van der Waals surface area contributed by atoms with Gasteiger partial charge in [0.05, 0.1) is 0 Å². The van der Waals surface area contributed by atoms with Crippen LogP contribution in [0.5, 0.6) is 0 Å². The van der Waals surface area contributed by atoms with Gasteiger partial charge in [0.15, 0.2) is 0 Å². The molecular weight excluding hydrogens is 346 g/mol. The molecule has 0 aromatic carbocycles. The van der Waals surface area contributed by atoms with E-state index >= 15 is 0 Å². The van der Waals surface area contributed by atoms with Crippen molar-refractivity contribution in [2.45, 2.75) is 12.1 Å². The van der Waals surface area contributed by atoms with Crippen molar-refractivity contribution < 1.29 is 39.3 Å². The maximum absolute atomic E-state index is 13.0. The Morgan fingerprint density at radius 2 is 1.84 bits per heavy atom. The van der Waals surface area contributed by atoms with E-state index in [1.807, 2.05) is 0 Å². The van der Waals surface area contributed by atoms with Crippen LogP contribution in [0.1, 0.15) is 5.69 Å². The fourth-order valence-electron chi connectivity index (χ4n) is 1.29. The van der Waals surface area contributed by atoms with Gasteiger partial charge < -0.3 is 9.55 Å². The first-order valence-corrected chi connectivity index (χ1v) is 8.55. The van der Waals surface area contributed by atoms with Crippen LogP contribution in [0.15, 0.2) is 12.3 Å². The van der Waals surface area contributed by atoms with Crippen LogP contribution in [-0.4, -0.2) is 20.7 Å². The summed E-state index contributed by atoms with van der Waals surface area (Å²) in [4.78, 5) is 6.70. The van der Waals surface area contributed by atoms with E-state index in [2.05, 4.69) is 16.3 Å². The summed E-state index contributed by atoms with van der Waals surface area (Å²) in [5.41, 5.74) is -1.06. The van der Waals surface area contributed by atoms with E-state index in [1.165, 1.54) is 11.6 Å². The van der Waals surface area contributed by atoms with Crippen molar-refractivity contribution in [3.63, 3.8) is 0 Å². The number of rotatable bonds is 1. The molecule has 0 saturated heterocycles. The molecule has 0 fully saturated rings. The van der Waals surface area contributed by atoms with Crippen molar-refractivity contribution >= 4 is 20.7 Å². The minimum atomic E-state index is -5.67. The quantitative estimate of drug-likeness (QED) is 0.449. The fourth-order valence-corrected chi connectivity index (χ4v) is 1.29. The van der Waals surface area contributed by atoms with Crippen LogP contribution in [0.4, 0.5) is 22.0 Å². The van der Waals surface area contributed by atoms with Crippen molar-refractivity contribution in [1.82, 2.24) is 14.5 Å². The third-order valence-corrected chi connectivity index (χ3v) is 2.22. The topological polar surface area (TPSA) is 30.7 Å². The molecule has 3 nitrogen and oxygen atoms in total. The van der Waals surface area contributed by atoms with Crippen molar-refractivity contribution in [1.29, 1.82) is 0 Å². The molecule has 0 bridgehead atoms. The molecule has 0 spiro atoms. The first-order chi connectivity index (χ1) is 8.73. The summed E-state index contributed by atoms with van der Waals surface area (Å²) in [5, 5.41) is 0. The van der Waals surface area contributed by atoms with E-state index in [1.54, 1.807) is 0 Å². The molecule has 0 radical (unpaired) electrons. The summed E-state index contributed by atoms with van der Waals surface area (Å²) in [6.45, 7) is 0. The molecule has 0 N–H and O–H groups in total. The molecule has 2 aromatic rings. The normalized spacial score (nSPS) is 12.3. The predicted octanol–water partition coefficient (Wildman–Crippen LogP) is 3.11. The first-order valence-electron chi connectivity index (χ1n) is 4.65. The standard InChI is InChI=1S/C9H5F5N3.ClH.Zn/c1-17-4-16-5-2-7(15-3-6(5)17)8(10,11)9(12,13)14;;/h2-3H,1H3;1H;/q-1;;+2/p-1. The number of hydrogen-bond donors (Lipinski definition) is 0. The second kappa shape index (κ2) is 5.67.